The Balaban J connectivity index is 1.98. The molecule has 1 aliphatic rings. The highest BCUT2D eigenvalue weighted by molar-refractivity contribution is 5.76. The standard InChI is InChI=1S/C62H115NO8/c1-3-5-7-9-11-13-14-15-16-17-18-19-20-21-22-23-24-25-26-27-28-29-30-31-32-33-34-35-36-37-38-39-40-41-42-44-46-48-50-52-58(66)63-55(56(65)51-49-47-45-43-12-10-8-6-4-2)54-70-62-61(69)60(68)59(67)57(53-64)71-62/h4,6,12,17-18,43,49,51,55-57,59-62,64-65,67-69H,3,5,7-11,13-16,19-42,44-48,50,52-54H2,1-2H3,(H,63,66)/b6-4+,18-17-,43-12+,51-49+. The van der Waals surface area contributed by atoms with Crippen LogP contribution in [0.15, 0.2) is 48.6 Å². The molecular weight excluding hydrogens is 887 g/mol. The molecule has 9 nitrogen and oxygen atoms in total. The Bertz CT molecular complexity index is 1250. The van der Waals surface area contributed by atoms with Gasteiger partial charge in [-0.1, -0.05) is 261 Å². The van der Waals surface area contributed by atoms with Gasteiger partial charge in [0.2, 0.25) is 5.91 Å². The summed E-state index contributed by atoms with van der Waals surface area (Å²) in [5.74, 6) is -0.190. The molecule has 71 heavy (non-hydrogen) atoms. The van der Waals surface area contributed by atoms with E-state index >= 15 is 0 Å². The van der Waals surface area contributed by atoms with Crippen molar-refractivity contribution in [1.82, 2.24) is 5.32 Å². The highest BCUT2D eigenvalue weighted by atomic mass is 16.7. The topological polar surface area (TPSA) is 149 Å². The van der Waals surface area contributed by atoms with Gasteiger partial charge in [-0.15, -0.1) is 0 Å². The molecule has 0 spiro atoms. The van der Waals surface area contributed by atoms with Crippen molar-refractivity contribution < 1.29 is 39.8 Å². The monoisotopic (exact) mass is 1000 g/mol. The van der Waals surface area contributed by atoms with Crippen molar-refractivity contribution in [3.05, 3.63) is 48.6 Å². The third kappa shape index (κ3) is 41.1. The Kier molecular flexibility index (Phi) is 48.8. The molecule has 0 bridgehead atoms. The van der Waals surface area contributed by atoms with Gasteiger partial charge in [0.25, 0.3) is 0 Å². The molecule has 0 saturated carbocycles. The average Bonchev–Trinajstić information content (AvgIpc) is 3.37. The SMILES string of the molecule is C/C=C/CC/C=C/CC/C=C/C(O)C(COC1OC(CO)C(O)C(O)C1O)NC(=O)CCCCCCCCCCCCCCCCCCCCCCCCCCCCC/C=C\CCCCCCCCCC. The van der Waals surface area contributed by atoms with E-state index in [-0.39, 0.29) is 12.5 Å². The fraction of sp³-hybridized carbons (Fsp3) is 0.855. The van der Waals surface area contributed by atoms with Gasteiger partial charge in [-0.3, -0.25) is 4.79 Å². The zero-order chi connectivity index (χ0) is 51.5. The first-order valence-electron chi connectivity index (χ1n) is 30.3. The first-order chi connectivity index (χ1) is 34.8. The van der Waals surface area contributed by atoms with Gasteiger partial charge in [0, 0.05) is 6.42 Å². The molecule has 0 aromatic carbocycles. The van der Waals surface area contributed by atoms with Crippen LogP contribution in [0.3, 0.4) is 0 Å². The molecule has 1 rings (SSSR count). The number of unbranched alkanes of at least 4 members (excludes halogenated alkanes) is 37. The van der Waals surface area contributed by atoms with Crippen LogP contribution in [0, 0.1) is 0 Å². The van der Waals surface area contributed by atoms with E-state index in [1.807, 2.05) is 19.1 Å². The minimum absolute atomic E-state index is 0.190. The van der Waals surface area contributed by atoms with Crippen molar-refractivity contribution in [2.45, 2.75) is 326 Å². The summed E-state index contributed by atoms with van der Waals surface area (Å²) in [6, 6.07) is -0.825. The summed E-state index contributed by atoms with van der Waals surface area (Å²) in [5.41, 5.74) is 0. The van der Waals surface area contributed by atoms with E-state index in [2.05, 4.69) is 42.6 Å². The molecule has 6 N–H and O–H groups in total. The van der Waals surface area contributed by atoms with E-state index in [4.69, 9.17) is 9.47 Å². The minimum Gasteiger partial charge on any atom is -0.394 e. The maximum absolute atomic E-state index is 13.0. The second kappa shape index (κ2) is 51.6. The lowest BCUT2D eigenvalue weighted by Gasteiger charge is -2.40. The molecule has 416 valence electrons. The van der Waals surface area contributed by atoms with Crippen molar-refractivity contribution in [2.75, 3.05) is 13.2 Å². The quantitative estimate of drug-likeness (QED) is 0.0261. The van der Waals surface area contributed by atoms with E-state index in [1.165, 1.54) is 218 Å². The second-order valence-corrected chi connectivity index (χ2v) is 21.1. The Labute approximate surface area is 437 Å². The lowest BCUT2D eigenvalue weighted by atomic mass is 9.99. The molecule has 1 aliphatic heterocycles. The third-order valence-corrected chi connectivity index (χ3v) is 14.4. The van der Waals surface area contributed by atoms with Gasteiger partial charge in [-0.25, -0.2) is 0 Å². The normalized spacial score (nSPS) is 19.6. The predicted octanol–water partition coefficient (Wildman–Crippen LogP) is 15.3. The van der Waals surface area contributed by atoms with Crippen LogP contribution in [-0.2, 0) is 14.3 Å². The highest BCUT2D eigenvalue weighted by Gasteiger charge is 2.44. The van der Waals surface area contributed by atoms with Gasteiger partial charge in [0.05, 0.1) is 25.4 Å². The van der Waals surface area contributed by atoms with Crippen molar-refractivity contribution in [3.63, 3.8) is 0 Å². The molecule has 0 aliphatic carbocycles. The third-order valence-electron chi connectivity index (χ3n) is 14.4. The smallest absolute Gasteiger partial charge is 0.220 e. The van der Waals surface area contributed by atoms with Gasteiger partial charge < -0.3 is 40.3 Å². The van der Waals surface area contributed by atoms with E-state index in [9.17, 15) is 30.3 Å². The number of allylic oxidation sites excluding steroid dienone is 7. The molecular formula is C62H115NO8. The summed E-state index contributed by atoms with van der Waals surface area (Å²) in [5, 5.41) is 54.1. The Morgan fingerprint density at radius 1 is 0.493 bits per heavy atom. The van der Waals surface area contributed by atoms with Crippen LogP contribution in [0.1, 0.15) is 284 Å². The van der Waals surface area contributed by atoms with Crippen molar-refractivity contribution in [2.24, 2.45) is 0 Å². The summed E-state index contributed by atoms with van der Waals surface area (Å²) in [7, 11) is 0. The summed E-state index contributed by atoms with van der Waals surface area (Å²) < 4.78 is 11.2. The zero-order valence-corrected chi connectivity index (χ0v) is 46.2. The Morgan fingerprint density at radius 2 is 0.859 bits per heavy atom. The van der Waals surface area contributed by atoms with Crippen LogP contribution in [0.4, 0.5) is 0 Å². The van der Waals surface area contributed by atoms with Crippen LogP contribution in [-0.4, -0.2) is 87.5 Å². The molecule has 0 aromatic heterocycles. The summed E-state index contributed by atoms with van der Waals surface area (Å²) in [6.07, 6.45) is 62.7. The number of carbonyl (C=O) groups is 1. The number of hydrogen-bond donors (Lipinski definition) is 6. The van der Waals surface area contributed by atoms with E-state index < -0.39 is 49.5 Å². The first-order valence-corrected chi connectivity index (χ1v) is 30.3. The lowest BCUT2D eigenvalue weighted by Crippen LogP contribution is -2.60. The molecule has 1 heterocycles. The fourth-order valence-electron chi connectivity index (χ4n) is 9.66. The van der Waals surface area contributed by atoms with E-state index in [0.717, 1.165) is 44.9 Å². The number of carbonyl (C=O) groups excluding carboxylic acids is 1. The number of aliphatic hydroxyl groups excluding tert-OH is 5. The van der Waals surface area contributed by atoms with Crippen LogP contribution in [0.5, 0.6) is 0 Å². The van der Waals surface area contributed by atoms with Crippen molar-refractivity contribution in [1.29, 1.82) is 0 Å². The van der Waals surface area contributed by atoms with Gasteiger partial charge >= 0.3 is 0 Å². The van der Waals surface area contributed by atoms with Gasteiger partial charge in [0.15, 0.2) is 6.29 Å². The molecule has 0 aromatic rings. The minimum atomic E-state index is -1.57. The zero-order valence-electron chi connectivity index (χ0n) is 46.2. The number of hydrogen-bond acceptors (Lipinski definition) is 8. The largest absolute Gasteiger partial charge is 0.394 e. The summed E-state index contributed by atoms with van der Waals surface area (Å²) in [6.45, 7) is 3.53. The van der Waals surface area contributed by atoms with Crippen molar-refractivity contribution >= 4 is 5.91 Å². The lowest BCUT2D eigenvalue weighted by molar-refractivity contribution is -0.302. The molecule has 1 fully saturated rings. The molecule has 7 unspecified atom stereocenters. The van der Waals surface area contributed by atoms with Crippen LogP contribution >= 0.6 is 0 Å². The first kappa shape index (κ1) is 67.2. The average molecular weight is 1000 g/mol. The van der Waals surface area contributed by atoms with Gasteiger partial charge in [0.1, 0.15) is 24.4 Å². The molecule has 7 atom stereocenters. The van der Waals surface area contributed by atoms with Crippen LogP contribution < -0.4 is 5.32 Å². The Morgan fingerprint density at radius 3 is 1.27 bits per heavy atom. The van der Waals surface area contributed by atoms with Crippen LogP contribution in [0.2, 0.25) is 0 Å². The maximum Gasteiger partial charge on any atom is 0.220 e. The number of ether oxygens (including phenoxy) is 2. The van der Waals surface area contributed by atoms with E-state index in [0.29, 0.717) is 6.42 Å². The number of rotatable bonds is 52. The molecule has 1 amide bonds. The molecule has 1 saturated heterocycles. The maximum atomic E-state index is 13.0. The Hall–Kier alpha value is -1.85. The van der Waals surface area contributed by atoms with Gasteiger partial charge in [-0.05, 0) is 64.7 Å². The fourth-order valence-corrected chi connectivity index (χ4v) is 9.66. The molecule has 9 heteroatoms. The summed E-state index contributed by atoms with van der Waals surface area (Å²) in [4.78, 5) is 13.0. The van der Waals surface area contributed by atoms with Crippen molar-refractivity contribution in [3.8, 4) is 0 Å². The number of nitrogens with one attached hydrogen (secondary N) is 1. The van der Waals surface area contributed by atoms with E-state index in [1.54, 1.807) is 6.08 Å². The van der Waals surface area contributed by atoms with Crippen LogP contribution in [0.25, 0.3) is 0 Å². The number of amides is 1. The predicted molar refractivity (Wildman–Crippen MR) is 299 cm³/mol. The van der Waals surface area contributed by atoms with Gasteiger partial charge in [-0.2, -0.15) is 0 Å². The summed E-state index contributed by atoms with van der Waals surface area (Å²) >= 11 is 0. The molecule has 0 radical (unpaired) electrons. The number of aliphatic hydroxyl groups is 5. The highest BCUT2D eigenvalue weighted by Crippen LogP contribution is 2.23. The second-order valence-electron chi connectivity index (χ2n) is 21.1.